The zero-order valence-electron chi connectivity index (χ0n) is 13.7. The average Bonchev–Trinajstić information content (AvgIpc) is 2.37. The van der Waals surface area contributed by atoms with E-state index in [1.54, 1.807) is 7.11 Å². The Hall–Kier alpha value is -0.843. The van der Waals surface area contributed by atoms with Crippen LogP contribution in [0.25, 0.3) is 0 Å². The average molecular weight is 296 g/mol. The predicted octanol–water partition coefficient (Wildman–Crippen LogP) is 4.23. The molecule has 0 saturated heterocycles. The van der Waals surface area contributed by atoms with Gasteiger partial charge in [-0.25, -0.2) is 0 Å². The van der Waals surface area contributed by atoms with Crippen molar-refractivity contribution in [2.75, 3.05) is 20.3 Å². The van der Waals surface area contributed by atoms with Crippen molar-refractivity contribution in [1.82, 2.24) is 0 Å². The van der Waals surface area contributed by atoms with Crippen LogP contribution in [0.4, 0.5) is 0 Å². The standard InChI is InChI=1S/C16H28O3Si/c1-16(2,3)20(5,6)19-12-11-18-13-14-7-9-15(17-4)10-8-14/h7-10H,11-13H2,1-6H3. The zero-order chi connectivity index (χ0) is 15.2. The minimum absolute atomic E-state index is 0.253. The van der Waals surface area contributed by atoms with Gasteiger partial charge in [-0.15, -0.1) is 0 Å². The molecule has 1 aromatic rings. The molecule has 0 fully saturated rings. The first kappa shape index (κ1) is 17.2. The van der Waals surface area contributed by atoms with Gasteiger partial charge < -0.3 is 13.9 Å². The first-order valence-electron chi connectivity index (χ1n) is 7.11. The Labute approximate surface area is 124 Å². The Morgan fingerprint density at radius 2 is 1.60 bits per heavy atom. The quantitative estimate of drug-likeness (QED) is 0.556. The molecule has 0 aliphatic carbocycles. The molecule has 4 heteroatoms. The van der Waals surface area contributed by atoms with E-state index in [1.807, 2.05) is 24.3 Å². The van der Waals surface area contributed by atoms with E-state index in [1.165, 1.54) is 0 Å². The summed E-state index contributed by atoms with van der Waals surface area (Å²) >= 11 is 0. The normalized spacial score (nSPS) is 12.5. The molecule has 0 radical (unpaired) electrons. The van der Waals surface area contributed by atoms with E-state index >= 15 is 0 Å². The molecular weight excluding hydrogens is 268 g/mol. The summed E-state index contributed by atoms with van der Waals surface area (Å²) in [5.41, 5.74) is 1.15. The molecule has 0 heterocycles. The molecule has 0 atom stereocenters. The van der Waals surface area contributed by atoms with Crippen LogP contribution in [0, 0.1) is 0 Å². The first-order valence-corrected chi connectivity index (χ1v) is 10.0. The molecule has 1 aromatic carbocycles. The highest BCUT2D eigenvalue weighted by Gasteiger charge is 2.36. The fraction of sp³-hybridized carbons (Fsp3) is 0.625. The Morgan fingerprint density at radius 1 is 1.00 bits per heavy atom. The molecule has 0 bridgehead atoms. The fourth-order valence-corrected chi connectivity index (χ4v) is 2.51. The van der Waals surface area contributed by atoms with Gasteiger partial charge in [-0.1, -0.05) is 32.9 Å². The van der Waals surface area contributed by atoms with Gasteiger partial charge in [0.15, 0.2) is 8.32 Å². The molecule has 1 rings (SSSR count). The highest BCUT2D eigenvalue weighted by Crippen LogP contribution is 2.36. The van der Waals surface area contributed by atoms with Crippen molar-refractivity contribution in [3.8, 4) is 5.75 Å². The van der Waals surface area contributed by atoms with E-state index < -0.39 is 8.32 Å². The number of hydrogen-bond acceptors (Lipinski definition) is 3. The van der Waals surface area contributed by atoms with E-state index in [4.69, 9.17) is 13.9 Å². The van der Waals surface area contributed by atoms with Crippen LogP contribution >= 0.6 is 0 Å². The maximum atomic E-state index is 6.06. The van der Waals surface area contributed by atoms with Crippen molar-refractivity contribution in [3.63, 3.8) is 0 Å². The van der Waals surface area contributed by atoms with Gasteiger partial charge in [-0.3, -0.25) is 0 Å². The summed E-state index contributed by atoms with van der Waals surface area (Å²) in [6.45, 7) is 13.2. The van der Waals surface area contributed by atoms with Crippen LogP contribution in [-0.4, -0.2) is 28.6 Å². The van der Waals surface area contributed by atoms with E-state index in [9.17, 15) is 0 Å². The minimum atomic E-state index is -1.64. The van der Waals surface area contributed by atoms with Crippen molar-refractivity contribution in [3.05, 3.63) is 29.8 Å². The monoisotopic (exact) mass is 296 g/mol. The number of methoxy groups -OCH3 is 1. The summed E-state index contributed by atoms with van der Waals surface area (Å²) in [7, 11) is 0.0272. The second-order valence-electron chi connectivity index (χ2n) is 6.51. The van der Waals surface area contributed by atoms with Crippen molar-refractivity contribution < 1.29 is 13.9 Å². The third-order valence-corrected chi connectivity index (χ3v) is 8.46. The van der Waals surface area contributed by atoms with Gasteiger partial charge in [0, 0.05) is 0 Å². The molecule has 114 valence electrons. The van der Waals surface area contributed by atoms with Crippen LogP contribution in [0.1, 0.15) is 26.3 Å². The SMILES string of the molecule is COc1ccc(COCCO[Si](C)(C)C(C)(C)C)cc1. The number of benzene rings is 1. The first-order chi connectivity index (χ1) is 9.26. The van der Waals surface area contributed by atoms with Crippen molar-refractivity contribution in [2.45, 2.75) is 45.5 Å². The van der Waals surface area contributed by atoms with Crippen LogP contribution in [0.15, 0.2) is 24.3 Å². The van der Waals surface area contributed by atoms with Crippen molar-refractivity contribution >= 4 is 8.32 Å². The Morgan fingerprint density at radius 3 is 2.10 bits per heavy atom. The van der Waals surface area contributed by atoms with Crippen molar-refractivity contribution in [1.29, 1.82) is 0 Å². The highest BCUT2D eigenvalue weighted by molar-refractivity contribution is 6.74. The van der Waals surface area contributed by atoms with Crippen LogP contribution in [0.3, 0.4) is 0 Å². The highest BCUT2D eigenvalue weighted by atomic mass is 28.4. The maximum Gasteiger partial charge on any atom is 0.192 e. The van der Waals surface area contributed by atoms with Crippen LogP contribution in [-0.2, 0) is 15.8 Å². The van der Waals surface area contributed by atoms with E-state index in [-0.39, 0.29) is 5.04 Å². The molecular formula is C16H28O3Si. The summed E-state index contributed by atoms with van der Waals surface area (Å²) in [5, 5.41) is 0.253. The van der Waals surface area contributed by atoms with Gasteiger partial charge in [0.05, 0.1) is 26.9 Å². The summed E-state index contributed by atoms with van der Waals surface area (Å²) < 4.78 is 16.8. The second-order valence-corrected chi connectivity index (χ2v) is 11.3. The second kappa shape index (κ2) is 7.25. The lowest BCUT2D eigenvalue weighted by atomic mass is 10.2. The lowest BCUT2D eigenvalue weighted by Crippen LogP contribution is -2.41. The fourth-order valence-electron chi connectivity index (χ4n) is 1.48. The smallest absolute Gasteiger partial charge is 0.192 e. The zero-order valence-corrected chi connectivity index (χ0v) is 14.7. The van der Waals surface area contributed by atoms with E-state index in [0.29, 0.717) is 19.8 Å². The van der Waals surface area contributed by atoms with Crippen molar-refractivity contribution in [2.24, 2.45) is 0 Å². The topological polar surface area (TPSA) is 27.7 Å². The van der Waals surface area contributed by atoms with Gasteiger partial charge in [0.2, 0.25) is 0 Å². The Kier molecular flexibility index (Phi) is 6.24. The molecule has 0 amide bonds. The largest absolute Gasteiger partial charge is 0.497 e. The third-order valence-electron chi connectivity index (χ3n) is 3.92. The maximum absolute atomic E-state index is 6.06. The lowest BCUT2D eigenvalue weighted by molar-refractivity contribution is 0.0845. The molecule has 0 N–H and O–H groups in total. The van der Waals surface area contributed by atoms with Crippen LogP contribution in [0.2, 0.25) is 18.1 Å². The van der Waals surface area contributed by atoms with E-state index in [0.717, 1.165) is 11.3 Å². The molecule has 0 aliphatic rings. The molecule has 0 aromatic heterocycles. The summed E-state index contributed by atoms with van der Waals surface area (Å²) in [4.78, 5) is 0. The van der Waals surface area contributed by atoms with Crippen LogP contribution in [0.5, 0.6) is 5.75 Å². The molecule has 0 spiro atoms. The molecule has 0 aliphatic heterocycles. The van der Waals surface area contributed by atoms with Gasteiger partial charge in [-0.05, 0) is 35.8 Å². The number of rotatable bonds is 7. The minimum Gasteiger partial charge on any atom is -0.497 e. The number of hydrogen-bond donors (Lipinski definition) is 0. The van der Waals surface area contributed by atoms with Crippen LogP contribution < -0.4 is 4.74 Å². The van der Waals surface area contributed by atoms with E-state index in [2.05, 4.69) is 33.9 Å². The summed E-state index contributed by atoms with van der Waals surface area (Å²) in [5.74, 6) is 0.870. The molecule has 3 nitrogen and oxygen atoms in total. The lowest BCUT2D eigenvalue weighted by Gasteiger charge is -2.36. The molecule has 0 unspecified atom stereocenters. The third kappa shape index (κ3) is 5.27. The Balaban J connectivity index is 2.25. The number of ether oxygens (including phenoxy) is 2. The van der Waals surface area contributed by atoms with Gasteiger partial charge in [0.25, 0.3) is 0 Å². The molecule has 0 saturated carbocycles. The molecule has 20 heavy (non-hydrogen) atoms. The Bertz CT molecular complexity index is 393. The summed E-state index contributed by atoms with van der Waals surface area (Å²) in [6.07, 6.45) is 0. The summed E-state index contributed by atoms with van der Waals surface area (Å²) in [6, 6.07) is 7.94. The predicted molar refractivity (Wildman–Crippen MR) is 85.8 cm³/mol. The van der Waals surface area contributed by atoms with Gasteiger partial charge in [-0.2, -0.15) is 0 Å². The van der Waals surface area contributed by atoms with Gasteiger partial charge >= 0.3 is 0 Å². The van der Waals surface area contributed by atoms with Gasteiger partial charge in [0.1, 0.15) is 5.75 Å².